The lowest BCUT2D eigenvalue weighted by molar-refractivity contribution is 0.0955. The molecule has 1 aromatic rings. The molecule has 0 radical (unpaired) electrons. The predicted octanol–water partition coefficient (Wildman–Crippen LogP) is 2.28. The molecule has 1 aromatic carbocycles. The second kappa shape index (κ2) is 6.03. The van der Waals surface area contributed by atoms with Crippen LogP contribution in [0.25, 0.3) is 0 Å². The minimum Gasteiger partial charge on any atom is -0.399 e. The molecule has 3 N–H and O–H groups in total. The van der Waals surface area contributed by atoms with Crippen LogP contribution in [0.2, 0.25) is 0 Å². The summed E-state index contributed by atoms with van der Waals surface area (Å²) in [7, 11) is 2.05. The minimum atomic E-state index is -0.457. The molecule has 17 heavy (non-hydrogen) atoms. The third-order valence-corrected chi connectivity index (χ3v) is 3.44. The maximum Gasteiger partial charge on any atom is 0.0916 e. The Morgan fingerprint density at radius 2 is 1.71 bits per heavy atom. The van der Waals surface area contributed by atoms with Gasteiger partial charge in [0, 0.05) is 18.3 Å². The molecular formula is C14H24N2O. The lowest BCUT2D eigenvalue weighted by atomic mass is 10.0. The average Bonchev–Trinajstić information content (AvgIpc) is 2.28. The minimum absolute atomic E-state index is 0.457. The number of hydrogen-bond acceptors (Lipinski definition) is 3. The standard InChI is InChI=1S/C14H24N2O/c1-10(2)11(3)16(4)9-14(17)12-5-7-13(15)8-6-12/h5-8,10-11,14,17H,9,15H2,1-4H3. The van der Waals surface area contributed by atoms with Crippen LogP contribution < -0.4 is 5.73 Å². The quantitative estimate of drug-likeness (QED) is 0.771. The predicted molar refractivity (Wildman–Crippen MR) is 72.7 cm³/mol. The van der Waals surface area contributed by atoms with Gasteiger partial charge in [-0.05, 0) is 37.6 Å². The summed E-state index contributed by atoms with van der Waals surface area (Å²) in [5.74, 6) is 0.582. The van der Waals surface area contributed by atoms with Crippen molar-refractivity contribution in [3.63, 3.8) is 0 Å². The summed E-state index contributed by atoms with van der Waals surface area (Å²) in [6, 6.07) is 7.87. The van der Waals surface area contributed by atoms with Crippen molar-refractivity contribution in [2.45, 2.75) is 32.9 Å². The van der Waals surface area contributed by atoms with Crippen LogP contribution in [0.3, 0.4) is 0 Å². The van der Waals surface area contributed by atoms with Crippen molar-refractivity contribution in [3.05, 3.63) is 29.8 Å². The molecule has 3 nitrogen and oxygen atoms in total. The zero-order valence-electron chi connectivity index (χ0n) is 11.2. The van der Waals surface area contributed by atoms with E-state index >= 15 is 0 Å². The number of hydrogen-bond donors (Lipinski definition) is 2. The van der Waals surface area contributed by atoms with Gasteiger partial charge < -0.3 is 15.7 Å². The molecule has 0 fully saturated rings. The molecule has 0 aliphatic carbocycles. The molecule has 0 aliphatic rings. The Labute approximate surface area is 104 Å². The van der Waals surface area contributed by atoms with Gasteiger partial charge in [0.05, 0.1) is 6.10 Å². The van der Waals surface area contributed by atoms with E-state index in [0.29, 0.717) is 18.5 Å². The van der Waals surface area contributed by atoms with Crippen molar-refractivity contribution in [2.75, 3.05) is 19.3 Å². The number of nitrogens with zero attached hydrogens (tertiary/aromatic N) is 1. The van der Waals surface area contributed by atoms with E-state index in [0.717, 1.165) is 11.3 Å². The molecule has 0 heterocycles. The normalized spacial score (nSPS) is 15.2. The van der Waals surface area contributed by atoms with Crippen LogP contribution in [0, 0.1) is 5.92 Å². The molecule has 0 saturated heterocycles. The fourth-order valence-electron chi connectivity index (χ4n) is 1.77. The SMILES string of the molecule is CC(C)C(C)N(C)CC(O)c1ccc(N)cc1. The number of nitrogen functional groups attached to an aromatic ring is 1. The summed E-state index contributed by atoms with van der Waals surface area (Å²) < 4.78 is 0. The van der Waals surface area contributed by atoms with Crippen molar-refractivity contribution in [1.29, 1.82) is 0 Å². The number of anilines is 1. The first-order valence-corrected chi connectivity index (χ1v) is 6.15. The van der Waals surface area contributed by atoms with Crippen LogP contribution in [0.5, 0.6) is 0 Å². The monoisotopic (exact) mass is 236 g/mol. The Morgan fingerprint density at radius 1 is 1.18 bits per heavy atom. The summed E-state index contributed by atoms with van der Waals surface area (Å²) in [5.41, 5.74) is 7.27. The highest BCUT2D eigenvalue weighted by molar-refractivity contribution is 5.39. The number of aliphatic hydroxyl groups excluding tert-OH is 1. The molecular weight excluding hydrogens is 212 g/mol. The van der Waals surface area contributed by atoms with Crippen LogP contribution in [0.15, 0.2) is 24.3 Å². The third-order valence-electron chi connectivity index (χ3n) is 3.44. The molecule has 2 atom stereocenters. The fraction of sp³-hybridized carbons (Fsp3) is 0.571. The second-order valence-corrected chi connectivity index (χ2v) is 5.11. The van der Waals surface area contributed by atoms with E-state index in [-0.39, 0.29) is 0 Å². The number of likely N-dealkylation sites (N-methyl/N-ethyl adjacent to an activating group) is 1. The van der Waals surface area contributed by atoms with Gasteiger partial charge in [0.15, 0.2) is 0 Å². The largest absolute Gasteiger partial charge is 0.399 e. The first-order chi connectivity index (χ1) is 7.91. The maximum absolute atomic E-state index is 10.1. The summed E-state index contributed by atoms with van der Waals surface area (Å²) >= 11 is 0. The van der Waals surface area contributed by atoms with Crippen LogP contribution in [0.1, 0.15) is 32.4 Å². The van der Waals surface area contributed by atoms with Crippen LogP contribution in [0.4, 0.5) is 5.69 Å². The molecule has 0 amide bonds. The number of benzene rings is 1. The van der Waals surface area contributed by atoms with E-state index in [4.69, 9.17) is 5.73 Å². The molecule has 0 aliphatic heterocycles. The van der Waals surface area contributed by atoms with E-state index in [1.165, 1.54) is 0 Å². The number of rotatable bonds is 5. The van der Waals surface area contributed by atoms with Gasteiger partial charge in [0.2, 0.25) is 0 Å². The van der Waals surface area contributed by atoms with E-state index in [1.54, 1.807) is 0 Å². The summed E-state index contributed by atoms with van der Waals surface area (Å²) in [6.45, 7) is 7.21. The highest BCUT2D eigenvalue weighted by atomic mass is 16.3. The van der Waals surface area contributed by atoms with Gasteiger partial charge in [-0.1, -0.05) is 26.0 Å². The first kappa shape index (κ1) is 14.0. The van der Waals surface area contributed by atoms with Gasteiger partial charge in [-0.3, -0.25) is 0 Å². The molecule has 96 valence electrons. The molecule has 0 bridgehead atoms. The van der Waals surface area contributed by atoms with Gasteiger partial charge in [-0.25, -0.2) is 0 Å². The maximum atomic E-state index is 10.1. The first-order valence-electron chi connectivity index (χ1n) is 6.15. The molecule has 2 unspecified atom stereocenters. The van der Waals surface area contributed by atoms with Gasteiger partial charge >= 0.3 is 0 Å². The Kier molecular flexibility index (Phi) is 4.97. The van der Waals surface area contributed by atoms with Crippen LogP contribution >= 0.6 is 0 Å². The van der Waals surface area contributed by atoms with Gasteiger partial charge in [-0.15, -0.1) is 0 Å². The van der Waals surface area contributed by atoms with Crippen molar-refractivity contribution in [1.82, 2.24) is 4.90 Å². The molecule has 0 aromatic heterocycles. The lowest BCUT2D eigenvalue weighted by Crippen LogP contribution is -2.36. The highest BCUT2D eigenvalue weighted by Crippen LogP contribution is 2.18. The van der Waals surface area contributed by atoms with Crippen molar-refractivity contribution in [2.24, 2.45) is 5.92 Å². The number of nitrogens with two attached hydrogens (primary N) is 1. The number of aliphatic hydroxyl groups is 1. The molecule has 0 saturated carbocycles. The van der Waals surface area contributed by atoms with Crippen molar-refractivity contribution < 1.29 is 5.11 Å². The average molecular weight is 236 g/mol. The molecule has 3 heteroatoms. The van der Waals surface area contributed by atoms with Crippen LogP contribution in [-0.2, 0) is 0 Å². The van der Waals surface area contributed by atoms with E-state index < -0.39 is 6.10 Å². The second-order valence-electron chi connectivity index (χ2n) is 5.11. The summed E-state index contributed by atoms with van der Waals surface area (Å²) in [6.07, 6.45) is -0.457. The van der Waals surface area contributed by atoms with E-state index in [2.05, 4.69) is 25.7 Å². The smallest absolute Gasteiger partial charge is 0.0916 e. The zero-order valence-corrected chi connectivity index (χ0v) is 11.2. The van der Waals surface area contributed by atoms with Crippen molar-refractivity contribution >= 4 is 5.69 Å². The highest BCUT2D eigenvalue weighted by Gasteiger charge is 2.17. The van der Waals surface area contributed by atoms with Gasteiger partial charge in [0.1, 0.15) is 0 Å². The van der Waals surface area contributed by atoms with Crippen molar-refractivity contribution in [3.8, 4) is 0 Å². The Bertz CT molecular complexity index is 335. The Hall–Kier alpha value is -1.06. The zero-order chi connectivity index (χ0) is 13.0. The molecule has 1 rings (SSSR count). The Balaban J connectivity index is 2.60. The van der Waals surface area contributed by atoms with Gasteiger partial charge in [0.25, 0.3) is 0 Å². The lowest BCUT2D eigenvalue weighted by Gasteiger charge is -2.29. The summed E-state index contributed by atoms with van der Waals surface area (Å²) in [4.78, 5) is 2.19. The third kappa shape index (κ3) is 4.02. The van der Waals surface area contributed by atoms with Gasteiger partial charge in [-0.2, -0.15) is 0 Å². The van der Waals surface area contributed by atoms with E-state index in [1.807, 2.05) is 31.3 Å². The molecule has 0 spiro atoms. The van der Waals surface area contributed by atoms with Crippen LogP contribution in [-0.4, -0.2) is 29.6 Å². The van der Waals surface area contributed by atoms with E-state index in [9.17, 15) is 5.11 Å². The fourth-order valence-corrected chi connectivity index (χ4v) is 1.77. The summed E-state index contributed by atoms with van der Waals surface area (Å²) in [5, 5.41) is 10.1. The topological polar surface area (TPSA) is 49.5 Å². The Morgan fingerprint density at radius 3 is 2.18 bits per heavy atom.